The van der Waals surface area contributed by atoms with Crippen LogP contribution in [0, 0.1) is 13.8 Å². The molecule has 4 nitrogen and oxygen atoms in total. The second-order valence-electron chi connectivity index (χ2n) is 5.08. The molecule has 0 spiro atoms. The lowest BCUT2D eigenvalue weighted by Gasteiger charge is -2.20. The Labute approximate surface area is 106 Å². The van der Waals surface area contributed by atoms with E-state index in [1.807, 2.05) is 13.8 Å². The monoisotopic (exact) mass is 250 g/mol. The van der Waals surface area contributed by atoms with E-state index in [4.69, 9.17) is 9.84 Å². The van der Waals surface area contributed by atoms with E-state index < -0.39 is 5.97 Å². The first kappa shape index (κ1) is 12.7. The van der Waals surface area contributed by atoms with Crippen LogP contribution in [-0.4, -0.2) is 23.3 Å². The van der Waals surface area contributed by atoms with Crippen LogP contribution in [0.15, 0.2) is 6.07 Å². The number of carboxylic acids is 1. The highest BCUT2D eigenvalue weighted by Crippen LogP contribution is 2.54. The van der Waals surface area contributed by atoms with Gasteiger partial charge in [-0.1, -0.05) is 0 Å². The number of methoxy groups -OCH3 is 1. The molecular weight excluding hydrogens is 232 g/mol. The number of benzene rings is 1. The number of ether oxygens (including phenoxy) is 1. The number of aliphatic carboxylic acids is 1. The van der Waals surface area contributed by atoms with E-state index in [2.05, 4.69) is 0 Å². The zero-order valence-electron chi connectivity index (χ0n) is 10.9. The highest BCUT2D eigenvalue weighted by atomic mass is 16.5. The SMILES string of the molecule is COc1c(O)cc(C2(CC(=O)O)CC2)c(C)c1C. The molecule has 0 atom stereocenters. The number of carboxylic acid groups (broad SMARTS) is 1. The minimum absolute atomic E-state index is 0.0901. The summed E-state index contributed by atoms with van der Waals surface area (Å²) in [6.45, 7) is 3.84. The maximum atomic E-state index is 10.9. The van der Waals surface area contributed by atoms with Gasteiger partial charge >= 0.3 is 5.97 Å². The summed E-state index contributed by atoms with van der Waals surface area (Å²) in [7, 11) is 1.52. The maximum absolute atomic E-state index is 10.9. The Morgan fingerprint density at radius 1 is 1.39 bits per heavy atom. The van der Waals surface area contributed by atoms with E-state index in [1.54, 1.807) is 6.07 Å². The number of carbonyl (C=O) groups is 1. The van der Waals surface area contributed by atoms with E-state index in [0.29, 0.717) is 5.75 Å². The van der Waals surface area contributed by atoms with Gasteiger partial charge in [0.05, 0.1) is 13.5 Å². The molecule has 0 bridgehead atoms. The molecule has 1 aliphatic rings. The lowest BCUT2D eigenvalue weighted by molar-refractivity contribution is -0.137. The van der Waals surface area contributed by atoms with Crippen molar-refractivity contribution in [3.05, 3.63) is 22.8 Å². The van der Waals surface area contributed by atoms with E-state index in [-0.39, 0.29) is 17.6 Å². The van der Waals surface area contributed by atoms with Gasteiger partial charge in [-0.2, -0.15) is 0 Å². The van der Waals surface area contributed by atoms with Crippen LogP contribution in [0.4, 0.5) is 0 Å². The van der Waals surface area contributed by atoms with Crippen molar-refractivity contribution in [3.63, 3.8) is 0 Å². The topological polar surface area (TPSA) is 66.8 Å². The quantitative estimate of drug-likeness (QED) is 0.861. The van der Waals surface area contributed by atoms with Gasteiger partial charge in [0.2, 0.25) is 0 Å². The number of aromatic hydroxyl groups is 1. The molecule has 1 fully saturated rings. The summed E-state index contributed by atoms with van der Waals surface area (Å²) in [5.74, 6) is -0.227. The van der Waals surface area contributed by atoms with Crippen LogP contribution >= 0.6 is 0 Å². The Balaban J connectivity index is 2.50. The van der Waals surface area contributed by atoms with E-state index in [9.17, 15) is 9.90 Å². The van der Waals surface area contributed by atoms with Crippen molar-refractivity contribution in [1.82, 2.24) is 0 Å². The van der Waals surface area contributed by atoms with Crippen LogP contribution in [0.2, 0.25) is 0 Å². The number of phenols is 1. The van der Waals surface area contributed by atoms with E-state index in [0.717, 1.165) is 29.5 Å². The molecule has 1 aromatic carbocycles. The summed E-state index contributed by atoms with van der Waals surface area (Å²) in [6.07, 6.45) is 1.86. The minimum atomic E-state index is -0.792. The Bertz CT molecular complexity index is 501. The van der Waals surface area contributed by atoms with Gasteiger partial charge in [-0.25, -0.2) is 0 Å². The van der Waals surface area contributed by atoms with Crippen molar-refractivity contribution in [1.29, 1.82) is 0 Å². The first-order valence-electron chi connectivity index (χ1n) is 6.01. The van der Waals surface area contributed by atoms with Crippen molar-refractivity contribution in [2.75, 3.05) is 7.11 Å². The van der Waals surface area contributed by atoms with Gasteiger partial charge in [0, 0.05) is 5.41 Å². The van der Waals surface area contributed by atoms with Gasteiger partial charge in [-0.3, -0.25) is 4.79 Å². The molecule has 0 amide bonds. The Kier molecular flexibility index (Phi) is 2.97. The zero-order valence-corrected chi connectivity index (χ0v) is 10.9. The molecule has 2 N–H and O–H groups in total. The van der Waals surface area contributed by atoms with Crippen LogP contribution in [-0.2, 0) is 10.2 Å². The smallest absolute Gasteiger partial charge is 0.304 e. The first-order valence-corrected chi connectivity index (χ1v) is 6.01. The van der Waals surface area contributed by atoms with Crippen molar-refractivity contribution in [2.24, 2.45) is 0 Å². The lowest BCUT2D eigenvalue weighted by atomic mass is 9.86. The Hall–Kier alpha value is -1.71. The Morgan fingerprint density at radius 3 is 2.44 bits per heavy atom. The standard InChI is InChI=1S/C14H18O4/c1-8-9(2)13(18-3)11(15)6-10(8)14(4-5-14)7-12(16)17/h6,15H,4-5,7H2,1-3H3,(H,16,17). The van der Waals surface area contributed by atoms with Crippen LogP contribution in [0.3, 0.4) is 0 Å². The summed E-state index contributed by atoms with van der Waals surface area (Å²) in [5.41, 5.74) is 2.55. The summed E-state index contributed by atoms with van der Waals surface area (Å²) >= 11 is 0. The molecule has 18 heavy (non-hydrogen) atoms. The van der Waals surface area contributed by atoms with Gasteiger partial charge in [0.25, 0.3) is 0 Å². The molecule has 1 saturated carbocycles. The number of hydrogen-bond acceptors (Lipinski definition) is 3. The average molecular weight is 250 g/mol. The van der Waals surface area contributed by atoms with E-state index >= 15 is 0 Å². The minimum Gasteiger partial charge on any atom is -0.504 e. The maximum Gasteiger partial charge on any atom is 0.304 e. The third kappa shape index (κ3) is 1.92. The predicted molar refractivity (Wildman–Crippen MR) is 67.3 cm³/mol. The molecule has 0 heterocycles. The van der Waals surface area contributed by atoms with E-state index in [1.165, 1.54) is 7.11 Å². The molecule has 98 valence electrons. The molecule has 1 aromatic rings. The third-order valence-electron chi connectivity index (χ3n) is 3.94. The molecule has 0 aliphatic heterocycles. The van der Waals surface area contributed by atoms with Gasteiger partial charge < -0.3 is 14.9 Å². The van der Waals surface area contributed by atoms with Gasteiger partial charge in [-0.15, -0.1) is 0 Å². The number of phenolic OH excluding ortho intramolecular Hbond substituents is 1. The molecule has 0 radical (unpaired) electrons. The van der Waals surface area contributed by atoms with Crippen LogP contribution in [0.1, 0.15) is 36.0 Å². The summed E-state index contributed by atoms with van der Waals surface area (Å²) in [6, 6.07) is 1.66. The third-order valence-corrected chi connectivity index (χ3v) is 3.94. The normalized spacial score (nSPS) is 16.4. The van der Waals surface area contributed by atoms with Crippen molar-refractivity contribution >= 4 is 5.97 Å². The van der Waals surface area contributed by atoms with Gasteiger partial charge in [0.1, 0.15) is 0 Å². The van der Waals surface area contributed by atoms with Gasteiger partial charge in [-0.05, 0) is 49.4 Å². The zero-order chi connectivity index (χ0) is 13.5. The average Bonchev–Trinajstić information content (AvgIpc) is 3.04. The highest BCUT2D eigenvalue weighted by molar-refractivity contribution is 5.71. The summed E-state index contributed by atoms with van der Waals surface area (Å²) in [5, 5.41) is 18.9. The first-order chi connectivity index (χ1) is 8.41. The van der Waals surface area contributed by atoms with Crippen LogP contribution in [0.5, 0.6) is 11.5 Å². The highest BCUT2D eigenvalue weighted by Gasteiger charge is 2.47. The van der Waals surface area contributed by atoms with Crippen molar-refractivity contribution in [2.45, 2.75) is 38.5 Å². The number of rotatable bonds is 4. The molecule has 0 saturated heterocycles. The second-order valence-corrected chi connectivity index (χ2v) is 5.08. The second kappa shape index (κ2) is 4.19. The fourth-order valence-electron chi connectivity index (χ4n) is 2.67. The summed E-state index contributed by atoms with van der Waals surface area (Å²) in [4.78, 5) is 10.9. The number of hydrogen-bond donors (Lipinski definition) is 2. The lowest BCUT2D eigenvalue weighted by Crippen LogP contribution is -2.15. The molecule has 0 unspecified atom stereocenters. The molecule has 2 rings (SSSR count). The molecule has 0 aromatic heterocycles. The molecular formula is C14H18O4. The predicted octanol–water partition coefficient (Wildman–Crippen LogP) is 2.52. The largest absolute Gasteiger partial charge is 0.504 e. The fourth-order valence-corrected chi connectivity index (χ4v) is 2.67. The molecule has 1 aliphatic carbocycles. The van der Waals surface area contributed by atoms with Crippen LogP contribution in [0.25, 0.3) is 0 Å². The van der Waals surface area contributed by atoms with Crippen molar-refractivity contribution < 1.29 is 19.7 Å². The summed E-state index contributed by atoms with van der Waals surface area (Å²) < 4.78 is 5.16. The molecule has 4 heteroatoms. The fraction of sp³-hybridized carbons (Fsp3) is 0.500. The van der Waals surface area contributed by atoms with Crippen molar-refractivity contribution in [3.8, 4) is 11.5 Å². The Morgan fingerprint density at radius 2 is 2.00 bits per heavy atom. The van der Waals surface area contributed by atoms with Crippen LogP contribution < -0.4 is 4.74 Å². The van der Waals surface area contributed by atoms with Gasteiger partial charge in [0.15, 0.2) is 11.5 Å².